The predicted molar refractivity (Wildman–Crippen MR) is 168 cm³/mol. The normalized spacial score (nSPS) is 12.8. The second-order valence-electron chi connectivity index (χ2n) is 11.0. The van der Waals surface area contributed by atoms with Gasteiger partial charge in [-0.1, -0.05) is 66.7 Å². The van der Waals surface area contributed by atoms with Gasteiger partial charge in [0.1, 0.15) is 5.65 Å². The van der Waals surface area contributed by atoms with Crippen LogP contribution >= 0.6 is 0 Å². The number of pyridine rings is 2. The van der Waals surface area contributed by atoms with E-state index in [0.29, 0.717) is 0 Å². The zero-order chi connectivity index (χ0) is 26.7. The van der Waals surface area contributed by atoms with Gasteiger partial charge in [-0.15, -0.1) is 0 Å². The maximum Gasteiger partial charge on any atom is 0.146 e. The van der Waals surface area contributed by atoms with E-state index in [1.54, 1.807) is 0 Å². The molecule has 0 radical (unpaired) electrons. The van der Waals surface area contributed by atoms with Crippen LogP contribution in [0.15, 0.2) is 122 Å². The third-order valence-corrected chi connectivity index (χ3v) is 9.00. The number of benzene rings is 5. The van der Waals surface area contributed by atoms with Crippen LogP contribution in [0.3, 0.4) is 0 Å². The fraction of sp³-hybridized carbons (Fsp3) is 0.0270. The number of hydrogen-bond donors (Lipinski definition) is 0. The SMILES string of the molecule is c1ccc(-n2c3ccccc3c3c4c(ccc32)Cc2c-4ccc3c4cnccc4n4c5ccccc5nc4c23)cc1. The highest BCUT2D eigenvalue weighted by Gasteiger charge is 2.28. The lowest BCUT2D eigenvalue weighted by Crippen LogP contribution is -1.95. The summed E-state index contributed by atoms with van der Waals surface area (Å²) >= 11 is 0. The first-order valence-electron chi connectivity index (χ1n) is 14.1. The Morgan fingerprint density at radius 1 is 0.585 bits per heavy atom. The summed E-state index contributed by atoms with van der Waals surface area (Å²) in [7, 11) is 0. The van der Waals surface area contributed by atoms with Crippen LogP contribution in [-0.2, 0) is 6.42 Å². The molecule has 9 aromatic rings. The van der Waals surface area contributed by atoms with Gasteiger partial charge in [0.2, 0.25) is 0 Å². The van der Waals surface area contributed by atoms with Gasteiger partial charge in [0.15, 0.2) is 0 Å². The summed E-state index contributed by atoms with van der Waals surface area (Å²) in [6, 6.07) is 39.3. The van der Waals surface area contributed by atoms with E-state index in [-0.39, 0.29) is 0 Å². The van der Waals surface area contributed by atoms with Crippen molar-refractivity contribution in [2.45, 2.75) is 6.42 Å². The minimum absolute atomic E-state index is 0.882. The Hall–Kier alpha value is -5.48. The topological polar surface area (TPSA) is 35.1 Å². The van der Waals surface area contributed by atoms with E-state index in [9.17, 15) is 0 Å². The molecule has 0 unspecified atom stereocenters. The first-order valence-corrected chi connectivity index (χ1v) is 14.1. The molecule has 190 valence electrons. The third kappa shape index (κ3) is 2.64. The van der Waals surface area contributed by atoms with Gasteiger partial charge in [0, 0.05) is 39.6 Å². The summed E-state index contributed by atoms with van der Waals surface area (Å²) < 4.78 is 4.73. The molecule has 0 fully saturated rings. The summed E-state index contributed by atoms with van der Waals surface area (Å²) in [6.07, 6.45) is 4.77. The van der Waals surface area contributed by atoms with Gasteiger partial charge in [-0.3, -0.25) is 9.38 Å². The van der Waals surface area contributed by atoms with Crippen LogP contribution in [0.2, 0.25) is 0 Å². The van der Waals surface area contributed by atoms with E-state index in [1.165, 1.54) is 60.5 Å². The van der Waals surface area contributed by atoms with Crippen LogP contribution in [-0.4, -0.2) is 18.9 Å². The molecular weight excluding hydrogens is 500 g/mol. The predicted octanol–water partition coefficient (Wildman–Crippen LogP) is 8.86. The molecule has 10 rings (SSSR count). The van der Waals surface area contributed by atoms with Gasteiger partial charge in [-0.2, -0.15) is 0 Å². The number of imidazole rings is 1. The Bertz CT molecular complexity index is 2550. The van der Waals surface area contributed by atoms with Crippen molar-refractivity contribution in [2.75, 3.05) is 0 Å². The maximum atomic E-state index is 5.23. The average Bonchev–Trinajstić information content (AvgIpc) is 3.71. The fourth-order valence-corrected chi connectivity index (χ4v) is 7.38. The van der Waals surface area contributed by atoms with Gasteiger partial charge in [-0.05, 0) is 76.5 Å². The van der Waals surface area contributed by atoms with Crippen LogP contribution in [0, 0.1) is 0 Å². The Labute approximate surface area is 234 Å². The van der Waals surface area contributed by atoms with Crippen molar-refractivity contribution >= 4 is 60.2 Å². The van der Waals surface area contributed by atoms with Crippen molar-refractivity contribution in [3.8, 4) is 16.8 Å². The molecule has 4 aromatic heterocycles. The molecule has 4 heterocycles. The Kier molecular flexibility index (Phi) is 3.95. The molecule has 1 aliphatic rings. The number of nitrogens with zero attached hydrogens (tertiary/aromatic N) is 4. The van der Waals surface area contributed by atoms with E-state index >= 15 is 0 Å². The summed E-state index contributed by atoms with van der Waals surface area (Å²) in [5, 5.41) is 6.21. The van der Waals surface area contributed by atoms with Gasteiger partial charge < -0.3 is 4.57 Å². The summed E-state index contributed by atoms with van der Waals surface area (Å²) in [5.74, 6) is 0. The van der Waals surface area contributed by atoms with Crippen LogP contribution in [0.5, 0.6) is 0 Å². The Morgan fingerprint density at radius 3 is 2.34 bits per heavy atom. The number of para-hydroxylation sites is 4. The van der Waals surface area contributed by atoms with Crippen LogP contribution in [0.4, 0.5) is 0 Å². The highest BCUT2D eigenvalue weighted by Crippen LogP contribution is 2.49. The second-order valence-corrected chi connectivity index (χ2v) is 11.0. The van der Waals surface area contributed by atoms with Crippen LogP contribution < -0.4 is 0 Å². The van der Waals surface area contributed by atoms with Gasteiger partial charge in [0.25, 0.3) is 0 Å². The van der Waals surface area contributed by atoms with Crippen molar-refractivity contribution < 1.29 is 0 Å². The lowest BCUT2D eigenvalue weighted by Gasteiger charge is -2.12. The molecule has 0 saturated carbocycles. The number of aromatic nitrogens is 4. The Balaban J connectivity index is 1.38. The molecule has 0 bridgehead atoms. The molecule has 0 amide bonds. The van der Waals surface area contributed by atoms with Crippen LogP contribution in [0.1, 0.15) is 11.1 Å². The van der Waals surface area contributed by atoms with Gasteiger partial charge in [-0.25, -0.2) is 4.98 Å². The molecule has 4 heteroatoms. The van der Waals surface area contributed by atoms with E-state index in [1.807, 2.05) is 12.4 Å². The van der Waals surface area contributed by atoms with Crippen molar-refractivity contribution in [2.24, 2.45) is 0 Å². The quantitative estimate of drug-likeness (QED) is 0.202. The minimum atomic E-state index is 0.882. The fourth-order valence-electron chi connectivity index (χ4n) is 7.38. The average molecular weight is 523 g/mol. The van der Waals surface area contributed by atoms with Crippen molar-refractivity contribution in [1.82, 2.24) is 18.9 Å². The second kappa shape index (κ2) is 7.58. The Morgan fingerprint density at radius 2 is 1.41 bits per heavy atom. The maximum absolute atomic E-state index is 5.23. The zero-order valence-corrected chi connectivity index (χ0v) is 22.0. The smallest absolute Gasteiger partial charge is 0.146 e. The number of rotatable bonds is 1. The van der Waals surface area contributed by atoms with Crippen molar-refractivity contribution in [3.05, 3.63) is 133 Å². The summed E-state index contributed by atoms with van der Waals surface area (Å²) in [5.41, 5.74) is 13.3. The van der Waals surface area contributed by atoms with E-state index in [4.69, 9.17) is 4.98 Å². The lowest BCUT2D eigenvalue weighted by atomic mass is 9.96. The molecule has 0 spiro atoms. The zero-order valence-electron chi connectivity index (χ0n) is 22.0. The molecule has 0 N–H and O–H groups in total. The number of hydrogen-bond acceptors (Lipinski definition) is 2. The molecule has 4 nitrogen and oxygen atoms in total. The minimum Gasteiger partial charge on any atom is -0.309 e. The van der Waals surface area contributed by atoms with Gasteiger partial charge >= 0.3 is 0 Å². The third-order valence-electron chi connectivity index (χ3n) is 9.00. The monoisotopic (exact) mass is 522 g/mol. The van der Waals surface area contributed by atoms with Gasteiger partial charge in [0.05, 0.1) is 27.6 Å². The van der Waals surface area contributed by atoms with Crippen molar-refractivity contribution in [3.63, 3.8) is 0 Å². The van der Waals surface area contributed by atoms with Crippen LogP contribution in [0.25, 0.3) is 77.0 Å². The largest absolute Gasteiger partial charge is 0.309 e. The standard InChI is InChI=1S/C37H22N4/c1-2-8-23(9-3-1)40-30-12-6-4-10-26(30)36-33(40)17-14-22-20-27-24(34(22)36)15-16-25-28-21-38-19-18-31(28)41-32-13-7-5-11-29(32)39-37(41)35(25)27/h1-19,21H,20H2. The van der Waals surface area contributed by atoms with E-state index in [0.717, 1.165) is 34.0 Å². The molecule has 0 aliphatic heterocycles. The number of fused-ring (bicyclic) bond motifs is 16. The molecule has 5 aromatic carbocycles. The summed E-state index contributed by atoms with van der Waals surface area (Å²) in [6.45, 7) is 0. The highest BCUT2D eigenvalue weighted by molar-refractivity contribution is 6.21. The molecule has 0 saturated heterocycles. The van der Waals surface area contributed by atoms with E-state index in [2.05, 4.69) is 123 Å². The van der Waals surface area contributed by atoms with Crippen molar-refractivity contribution in [1.29, 1.82) is 0 Å². The summed E-state index contributed by atoms with van der Waals surface area (Å²) in [4.78, 5) is 9.77. The molecule has 1 aliphatic carbocycles. The lowest BCUT2D eigenvalue weighted by molar-refractivity contribution is 1.18. The first-order chi connectivity index (χ1) is 20.4. The first kappa shape index (κ1) is 21.4. The molecular formula is C37H22N4. The highest BCUT2D eigenvalue weighted by atomic mass is 15.0. The van der Waals surface area contributed by atoms with E-state index < -0.39 is 0 Å². The molecule has 0 atom stereocenters. The molecule has 41 heavy (non-hydrogen) atoms.